The molecule has 1 aliphatic heterocycles. The summed E-state index contributed by atoms with van der Waals surface area (Å²) in [6.07, 6.45) is 2.53. The number of carbonyl (C=O) groups excluding carboxylic acids is 1. The number of thiophene rings is 1. The molecule has 2 heterocycles. The van der Waals surface area contributed by atoms with Crippen LogP contribution < -0.4 is 9.47 Å². The molecule has 1 aliphatic rings. The van der Waals surface area contributed by atoms with Crippen LogP contribution in [0.25, 0.3) is 20.5 Å². The number of phenolic OH excluding ortho intramolecular Hbond substituents is 2. The van der Waals surface area contributed by atoms with Crippen LogP contribution in [-0.4, -0.2) is 54.2 Å². The highest BCUT2D eigenvalue weighted by molar-refractivity contribution is 7.22. The topological polar surface area (TPSA) is 79.2 Å². The molecule has 1 fully saturated rings. The van der Waals surface area contributed by atoms with Gasteiger partial charge in [0, 0.05) is 32.6 Å². The van der Waals surface area contributed by atoms with Crippen LogP contribution in [-0.2, 0) is 0 Å². The number of aromatic hydroxyl groups is 2. The first-order chi connectivity index (χ1) is 17.0. The molecule has 0 unspecified atom stereocenters. The summed E-state index contributed by atoms with van der Waals surface area (Å²) in [5.74, 6) is 0.982. The van der Waals surface area contributed by atoms with E-state index in [2.05, 4.69) is 4.90 Å². The summed E-state index contributed by atoms with van der Waals surface area (Å²) >= 11 is 1.46. The second-order valence-corrected chi connectivity index (χ2v) is 9.68. The van der Waals surface area contributed by atoms with Crippen LogP contribution in [0.1, 0.15) is 28.8 Å². The number of fused-ring (bicyclic) bond motifs is 1. The normalized spacial score (nSPS) is 13.9. The number of methoxy groups -OCH3 is 1. The smallest absolute Gasteiger partial charge is 0.195 e. The minimum atomic E-state index is -0.179. The fraction of sp³-hybridized carbons (Fsp3) is 0.250. The van der Waals surface area contributed by atoms with Crippen molar-refractivity contribution in [1.29, 1.82) is 0 Å². The lowest BCUT2D eigenvalue weighted by Gasteiger charge is -2.15. The maximum atomic E-state index is 13.7. The minimum Gasteiger partial charge on any atom is -0.508 e. The summed E-state index contributed by atoms with van der Waals surface area (Å²) in [6, 6.07) is 17.4. The van der Waals surface area contributed by atoms with Gasteiger partial charge in [-0.25, -0.2) is 0 Å². The van der Waals surface area contributed by atoms with Crippen LogP contribution in [0.15, 0.2) is 60.7 Å². The zero-order valence-electron chi connectivity index (χ0n) is 19.5. The van der Waals surface area contributed by atoms with Gasteiger partial charge >= 0.3 is 0 Å². The monoisotopic (exact) mass is 489 g/mol. The van der Waals surface area contributed by atoms with Crippen molar-refractivity contribution in [3.05, 3.63) is 71.8 Å². The van der Waals surface area contributed by atoms with Crippen molar-refractivity contribution < 1.29 is 24.5 Å². The van der Waals surface area contributed by atoms with E-state index in [0.717, 1.165) is 45.9 Å². The third kappa shape index (κ3) is 4.83. The third-order valence-corrected chi connectivity index (χ3v) is 7.54. The lowest BCUT2D eigenvalue weighted by Crippen LogP contribution is -2.25. The second-order valence-electron chi connectivity index (χ2n) is 8.62. The summed E-state index contributed by atoms with van der Waals surface area (Å²) in [5, 5.41) is 20.7. The Morgan fingerprint density at radius 1 is 1.00 bits per heavy atom. The van der Waals surface area contributed by atoms with E-state index < -0.39 is 0 Å². The van der Waals surface area contributed by atoms with Crippen LogP contribution in [0.5, 0.6) is 23.0 Å². The van der Waals surface area contributed by atoms with Gasteiger partial charge in [0.15, 0.2) is 17.3 Å². The third-order valence-electron chi connectivity index (χ3n) is 6.33. The molecule has 1 saturated heterocycles. The van der Waals surface area contributed by atoms with E-state index in [0.29, 0.717) is 17.7 Å². The fourth-order valence-corrected chi connectivity index (χ4v) is 5.72. The van der Waals surface area contributed by atoms with Crippen LogP contribution in [0.4, 0.5) is 0 Å². The molecular formula is C28H27NO5S. The summed E-state index contributed by atoms with van der Waals surface area (Å²) < 4.78 is 12.0. The molecule has 4 aromatic rings. The van der Waals surface area contributed by atoms with E-state index in [1.54, 1.807) is 30.3 Å². The molecule has 5 rings (SSSR count). The van der Waals surface area contributed by atoms with Gasteiger partial charge in [0.2, 0.25) is 0 Å². The Bertz CT molecular complexity index is 1360. The number of likely N-dealkylation sites (tertiary alicyclic amines) is 1. The first-order valence-electron chi connectivity index (χ1n) is 11.7. The van der Waals surface area contributed by atoms with Crippen LogP contribution >= 0.6 is 11.3 Å². The highest BCUT2D eigenvalue weighted by Crippen LogP contribution is 2.42. The van der Waals surface area contributed by atoms with E-state index in [9.17, 15) is 15.0 Å². The van der Waals surface area contributed by atoms with E-state index in [1.807, 2.05) is 24.3 Å². The number of hydrogen-bond donors (Lipinski definition) is 2. The average molecular weight is 490 g/mol. The predicted octanol–water partition coefficient (Wildman–Crippen LogP) is 5.69. The molecule has 1 aromatic heterocycles. The molecule has 180 valence electrons. The predicted molar refractivity (Wildman–Crippen MR) is 138 cm³/mol. The Balaban J connectivity index is 1.47. The van der Waals surface area contributed by atoms with Gasteiger partial charge < -0.3 is 19.7 Å². The molecule has 0 atom stereocenters. The number of benzene rings is 3. The summed E-state index contributed by atoms with van der Waals surface area (Å²) in [4.78, 5) is 16.9. The Morgan fingerprint density at radius 3 is 2.51 bits per heavy atom. The molecule has 6 nitrogen and oxygen atoms in total. The van der Waals surface area contributed by atoms with Crippen LogP contribution in [0, 0.1) is 0 Å². The molecule has 0 saturated carbocycles. The molecule has 7 heteroatoms. The van der Waals surface area contributed by atoms with Crippen molar-refractivity contribution in [3.8, 4) is 33.4 Å². The molecule has 0 radical (unpaired) electrons. The number of ketones is 1. The first kappa shape index (κ1) is 23.2. The van der Waals surface area contributed by atoms with E-state index in [4.69, 9.17) is 9.47 Å². The minimum absolute atomic E-state index is 0.0234. The molecule has 0 bridgehead atoms. The van der Waals surface area contributed by atoms with E-state index >= 15 is 0 Å². The van der Waals surface area contributed by atoms with Gasteiger partial charge in [0.25, 0.3) is 0 Å². The second kappa shape index (κ2) is 9.98. The van der Waals surface area contributed by atoms with Gasteiger partial charge in [-0.15, -0.1) is 11.3 Å². The maximum absolute atomic E-state index is 13.7. The van der Waals surface area contributed by atoms with Gasteiger partial charge in [0.05, 0.1) is 7.11 Å². The number of phenols is 2. The van der Waals surface area contributed by atoms with E-state index in [1.165, 1.54) is 37.4 Å². The van der Waals surface area contributed by atoms with E-state index in [-0.39, 0.29) is 23.0 Å². The Hall–Kier alpha value is -3.55. The zero-order valence-corrected chi connectivity index (χ0v) is 20.3. The molecule has 35 heavy (non-hydrogen) atoms. The highest BCUT2D eigenvalue weighted by atomic mass is 32.1. The molecular weight excluding hydrogens is 462 g/mol. The molecule has 3 aromatic carbocycles. The van der Waals surface area contributed by atoms with Crippen molar-refractivity contribution in [2.24, 2.45) is 0 Å². The molecule has 0 spiro atoms. The number of ether oxygens (including phenoxy) is 2. The van der Waals surface area contributed by atoms with Crippen LogP contribution in [0.3, 0.4) is 0 Å². The van der Waals surface area contributed by atoms with Gasteiger partial charge in [-0.2, -0.15) is 0 Å². The number of hydrogen-bond acceptors (Lipinski definition) is 7. The fourth-order valence-electron chi connectivity index (χ4n) is 4.48. The van der Waals surface area contributed by atoms with Gasteiger partial charge in [-0.3, -0.25) is 9.69 Å². The number of carbonyl (C=O) groups is 1. The Morgan fingerprint density at radius 2 is 1.77 bits per heavy atom. The van der Waals surface area contributed by atoms with Gasteiger partial charge in [-0.05, 0) is 92.2 Å². The SMILES string of the molecule is COc1cc(C(=O)c2c(-c3ccc(OCCN4CCCC4)cc3)sc3cc(O)ccc23)ccc1O. The lowest BCUT2D eigenvalue weighted by atomic mass is 9.97. The molecule has 0 amide bonds. The highest BCUT2D eigenvalue weighted by Gasteiger charge is 2.23. The Kier molecular flexibility index (Phi) is 6.61. The first-order valence-corrected chi connectivity index (χ1v) is 12.5. The van der Waals surface area contributed by atoms with Crippen LogP contribution in [0.2, 0.25) is 0 Å². The van der Waals surface area contributed by atoms with Gasteiger partial charge in [-0.1, -0.05) is 0 Å². The van der Waals surface area contributed by atoms with Crippen molar-refractivity contribution >= 4 is 27.2 Å². The lowest BCUT2D eigenvalue weighted by molar-refractivity contribution is 0.104. The summed E-state index contributed by atoms with van der Waals surface area (Å²) in [6.45, 7) is 3.87. The largest absolute Gasteiger partial charge is 0.508 e. The summed E-state index contributed by atoms with van der Waals surface area (Å²) in [5.41, 5.74) is 1.86. The maximum Gasteiger partial charge on any atom is 0.195 e. The van der Waals surface area contributed by atoms with Gasteiger partial charge in [0.1, 0.15) is 18.1 Å². The standard InChI is InChI=1S/C28H27NO5S/c1-33-24-16-19(6-11-23(24)31)27(32)26-22-10-7-20(30)17-25(22)35-28(26)18-4-8-21(9-5-18)34-15-14-29-12-2-3-13-29/h4-11,16-17,30-31H,2-3,12-15H2,1H3. The molecule has 2 N–H and O–H groups in total. The quantitative estimate of drug-likeness (QED) is 0.310. The van der Waals surface area contributed by atoms with Crippen molar-refractivity contribution in [2.75, 3.05) is 33.4 Å². The van der Waals surface area contributed by atoms with Crippen molar-refractivity contribution in [2.45, 2.75) is 12.8 Å². The number of nitrogens with zero attached hydrogens (tertiary/aromatic N) is 1. The Labute approximate surface area is 208 Å². The molecule has 0 aliphatic carbocycles. The van der Waals surface area contributed by atoms with Crippen molar-refractivity contribution in [1.82, 2.24) is 4.90 Å². The zero-order chi connectivity index (χ0) is 24.4. The van der Waals surface area contributed by atoms with Crippen molar-refractivity contribution in [3.63, 3.8) is 0 Å². The average Bonchev–Trinajstić information content (AvgIpc) is 3.52. The number of rotatable bonds is 8. The summed E-state index contributed by atoms with van der Waals surface area (Å²) in [7, 11) is 1.45.